The van der Waals surface area contributed by atoms with Gasteiger partial charge in [0.2, 0.25) is 10.0 Å². The second-order valence-electron chi connectivity index (χ2n) is 5.08. The first kappa shape index (κ1) is 14.3. The van der Waals surface area contributed by atoms with Gasteiger partial charge in [-0.05, 0) is 37.3 Å². The monoisotopic (exact) mass is 283 g/mol. The molecule has 0 aliphatic carbocycles. The number of hydrogen-bond donors (Lipinski definition) is 2. The smallest absolute Gasteiger partial charge is 0.245 e. The van der Waals surface area contributed by atoms with Crippen LogP contribution in [0.3, 0.4) is 0 Å². The Labute approximate surface area is 114 Å². The molecular weight excluding hydrogens is 262 g/mol. The lowest BCUT2D eigenvalue weighted by Gasteiger charge is -2.21. The van der Waals surface area contributed by atoms with Crippen molar-refractivity contribution in [2.75, 3.05) is 18.5 Å². The number of hydrazine groups is 1. The third-order valence-corrected chi connectivity index (χ3v) is 5.59. The maximum Gasteiger partial charge on any atom is 0.245 e. The van der Waals surface area contributed by atoms with Gasteiger partial charge in [0.15, 0.2) is 0 Å². The molecule has 1 fully saturated rings. The summed E-state index contributed by atoms with van der Waals surface area (Å²) in [6.45, 7) is 3.35. The van der Waals surface area contributed by atoms with Gasteiger partial charge in [-0.15, -0.1) is 0 Å². The van der Waals surface area contributed by atoms with Crippen LogP contribution in [0, 0.1) is 5.92 Å². The first-order chi connectivity index (χ1) is 9.05. The van der Waals surface area contributed by atoms with Crippen molar-refractivity contribution >= 4 is 15.7 Å². The van der Waals surface area contributed by atoms with E-state index in [1.807, 2.05) is 0 Å². The minimum absolute atomic E-state index is 0.257. The van der Waals surface area contributed by atoms with Crippen molar-refractivity contribution in [2.45, 2.75) is 31.1 Å². The van der Waals surface area contributed by atoms with Crippen LogP contribution >= 0.6 is 0 Å². The summed E-state index contributed by atoms with van der Waals surface area (Å²) < 4.78 is 26.9. The van der Waals surface area contributed by atoms with E-state index in [9.17, 15) is 8.42 Å². The van der Waals surface area contributed by atoms with Crippen molar-refractivity contribution in [3.05, 3.63) is 24.3 Å². The number of nitrogens with one attached hydrogen (secondary N) is 1. The van der Waals surface area contributed by atoms with Crippen LogP contribution in [0.1, 0.15) is 26.2 Å². The van der Waals surface area contributed by atoms with Gasteiger partial charge in [0.05, 0.1) is 5.69 Å². The number of nitrogen functional groups attached to an aromatic ring is 1. The van der Waals surface area contributed by atoms with Crippen LogP contribution in [-0.4, -0.2) is 25.8 Å². The summed E-state index contributed by atoms with van der Waals surface area (Å²) in [5, 5.41) is 0. The lowest BCUT2D eigenvalue weighted by atomic mass is 10.0. The molecular formula is C13H21N3O2S. The van der Waals surface area contributed by atoms with E-state index in [-0.39, 0.29) is 4.90 Å². The van der Waals surface area contributed by atoms with E-state index in [0.29, 0.717) is 24.7 Å². The van der Waals surface area contributed by atoms with Gasteiger partial charge in [0.1, 0.15) is 4.90 Å². The number of rotatable bonds is 3. The molecule has 19 heavy (non-hydrogen) atoms. The van der Waals surface area contributed by atoms with Crippen LogP contribution in [0.5, 0.6) is 0 Å². The molecule has 1 aromatic rings. The lowest BCUT2D eigenvalue weighted by Crippen LogP contribution is -2.32. The third-order valence-electron chi connectivity index (χ3n) is 3.64. The van der Waals surface area contributed by atoms with Crippen molar-refractivity contribution in [2.24, 2.45) is 11.8 Å². The Kier molecular flexibility index (Phi) is 4.44. The van der Waals surface area contributed by atoms with Crippen molar-refractivity contribution < 1.29 is 8.42 Å². The van der Waals surface area contributed by atoms with Crippen LogP contribution in [0.25, 0.3) is 0 Å². The molecule has 1 aliphatic heterocycles. The van der Waals surface area contributed by atoms with Crippen molar-refractivity contribution in [1.29, 1.82) is 0 Å². The number of nitrogens with zero attached hydrogens (tertiary/aromatic N) is 1. The summed E-state index contributed by atoms with van der Waals surface area (Å²) in [5.74, 6) is 5.98. The molecule has 2 rings (SSSR count). The molecule has 1 aromatic carbocycles. The van der Waals surface area contributed by atoms with Gasteiger partial charge in [-0.1, -0.05) is 19.1 Å². The Morgan fingerprint density at radius 3 is 2.74 bits per heavy atom. The normalized spacial score (nSPS) is 21.9. The van der Waals surface area contributed by atoms with E-state index in [1.54, 1.807) is 28.6 Å². The molecule has 1 unspecified atom stereocenters. The fourth-order valence-corrected chi connectivity index (χ4v) is 4.08. The Balaban J connectivity index is 2.31. The highest BCUT2D eigenvalue weighted by Crippen LogP contribution is 2.26. The molecule has 0 amide bonds. The predicted octanol–water partition coefficient (Wildman–Crippen LogP) is 1.78. The second-order valence-corrected chi connectivity index (χ2v) is 6.99. The second kappa shape index (κ2) is 5.90. The van der Waals surface area contributed by atoms with Crippen LogP contribution < -0.4 is 11.3 Å². The Morgan fingerprint density at radius 2 is 2.00 bits per heavy atom. The molecule has 3 N–H and O–H groups in total. The zero-order valence-electron chi connectivity index (χ0n) is 11.2. The summed E-state index contributed by atoms with van der Waals surface area (Å²) in [6.07, 6.45) is 2.92. The van der Waals surface area contributed by atoms with Crippen LogP contribution in [0.15, 0.2) is 29.2 Å². The molecule has 5 nitrogen and oxygen atoms in total. The minimum Gasteiger partial charge on any atom is -0.323 e. The van der Waals surface area contributed by atoms with Gasteiger partial charge in [-0.3, -0.25) is 5.84 Å². The first-order valence-electron chi connectivity index (χ1n) is 6.61. The summed E-state index contributed by atoms with van der Waals surface area (Å²) in [6, 6.07) is 6.75. The fraction of sp³-hybridized carbons (Fsp3) is 0.538. The quantitative estimate of drug-likeness (QED) is 0.655. The third kappa shape index (κ3) is 3.08. The average molecular weight is 283 g/mol. The number of benzene rings is 1. The summed E-state index contributed by atoms with van der Waals surface area (Å²) in [4.78, 5) is 0.257. The highest BCUT2D eigenvalue weighted by molar-refractivity contribution is 7.89. The van der Waals surface area contributed by atoms with E-state index in [4.69, 9.17) is 5.84 Å². The van der Waals surface area contributed by atoms with E-state index < -0.39 is 10.0 Å². The highest BCUT2D eigenvalue weighted by Gasteiger charge is 2.28. The lowest BCUT2D eigenvalue weighted by molar-refractivity contribution is 0.417. The van der Waals surface area contributed by atoms with Crippen molar-refractivity contribution in [3.8, 4) is 0 Å². The van der Waals surface area contributed by atoms with Crippen molar-refractivity contribution in [1.82, 2.24) is 4.31 Å². The fourth-order valence-electron chi connectivity index (χ4n) is 2.43. The van der Waals surface area contributed by atoms with Gasteiger partial charge < -0.3 is 5.43 Å². The standard InChI is InChI=1S/C13H21N3O2S/c1-11-5-4-9-16(10-8-11)19(17,18)13-7-3-2-6-12(13)15-14/h2-3,6-7,11,15H,4-5,8-10,14H2,1H3. The summed E-state index contributed by atoms with van der Waals surface area (Å²) in [5.41, 5.74) is 2.90. The molecule has 0 saturated carbocycles. The number of sulfonamides is 1. The average Bonchev–Trinajstić information content (AvgIpc) is 2.64. The predicted molar refractivity (Wildman–Crippen MR) is 76.0 cm³/mol. The number of hydrogen-bond acceptors (Lipinski definition) is 4. The Morgan fingerprint density at radius 1 is 1.26 bits per heavy atom. The van der Waals surface area contributed by atoms with Gasteiger partial charge in [0.25, 0.3) is 0 Å². The molecule has 1 atom stereocenters. The zero-order valence-corrected chi connectivity index (χ0v) is 12.0. The maximum absolute atomic E-state index is 12.7. The maximum atomic E-state index is 12.7. The van der Waals surface area contributed by atoms with Gasteiger partial charge in [-0.25, -0.2) is 8.42 Å². The summed E-state index contributed by atoms with van der Waals surface area (Å²) >= 11 is 0. The molecule has 106 valence electrons. The molecule has 0 spiro atoms. The van der Waals surface area contributed by atoms with Gasteiger partial charge in [0, 0.05) is 13.1 Å². The van der Waals surface area contributed by atoms with E-state index in [1.165, 1.54) is 0 Å². The molecule has 0 aromatic heterocycles. The Bertz CT molecular complexity index is 530. The zero-order chi connectivity index (χ0) is 13.9. The number of para-hydroxylation sites is 1. The Hall–Kier alpha value is -1.11. The number of nitrogens with two attached hydrogens (primary N) is 1. The molecule has 6 heteroatoms. The molecule has 1 heterocycles. The van der Waals surface area contributed by atoms with Crippen LogP contribution in [-0.2, 0) is 10.0 Å². The van der Waals surface area contributed by atoms with Gasteiger partial charge >= 0.3 is 0 Å². The highest BCUT2D eigenvalue weighted by atomic mass is 32.2. The molecule has 1 saturated heterocycles. The number of anilines is 1. The topological polar surface area (TPSA) is 75.4 Å². The molecule has 0 bridgehead atoms. The SMILES string of the molecule is CC1CCCN(S(=O)(=O)c2ccccc2NN)CC1. The van der Waals surface area contributed by atoms with E-state index in [2.05, 4.69) is 12.3 Å². The largest absolute Gasteiger partial charge is 0.323 e. The molecule has 1 aliphatic rings. The van der Waals surface area contributed by atoms with Crippen molar-refractivity contribution in [3.63, 3.8) is 0 Å². The minimum atomic E-state index is -3.46. The molecule has 0 radical (unpaired) electrons. The van der Waals surface area contributed by atoms with Gasteiger partial charge in [-0.2, -0.15) is 4.31 Å². The van der Waals surface area contributed by atoms with E-state index in [0.717, 1.165) is 19.3 Å². The van der Waals surface area contributed by atoms with Crippen LogP contribution in [0.4, 0.5) is 5.69 Å². The van der Waals surface area contributed by atoms with E-state index >= 15 is 0 Å². The summed E-state index contributed by atoms with van der Waals surface area (Å²) in [7, 11) is -3.46. The van der Waals surface area contributed by atoms with Crippen LogP contribution in [0.2, 0.25) is 0 Å². The first-order valence-corrected chi connectivity index (χ1v) is 8.05.